The van der Waals surface area contributed by atoms with Crippen molar-refractivity contribution in [2.24, 2.45) is 0 Å². The highest BCUT2D eigenvalue weighted by molar-refractivity contribution is 6.10. The predicted octanol–water partition coefficient (Wildman–Crippen LogP) is 3.55. The van der Waals surface area contributed by atoms with Crippen LogP contribution in [-0.2, 0) is 4.74 Å². The Hall–Kier alpha value is -3.15. The summed E-state index contributed by atoms with van der Waals surface area (Å²) in [6, 6.07) is 13.5. The number of nitrogens with zero attached hydrogens (tertiary/aromatic N) is 2. The average Bonchev–Trinajstić information content (AvgIpc) is 3.19. The summed E-state index contributed by atoms with van der Waals surface area (Å²) in [5.41, 5.74) is 2.74. The second-order valence-electron chi connectivity index (χ2n) is 5.02. The van der Waals surface area contributed by atoms with E-state index in [1.165, 1.54) is 0 Å². The largest absolute Gasteiger partial charge is 0.461 e. The van der Waals surface area contributed by atoms with Crippen molar-refractivity contribution < 1.29 is 13.9 Å². The van der Waals surface area contributed by atoms with Crippen molar-refractivity contribution in [2.75, 3.05) is 6.61 Å². The van der Waals surface area contributed by atoms with Gasteiger partial charge >= 0.3 is 5.97 Å². The second kappa shape index (κ2) is 5.24. The van der Waals surface area contributed by atoms with Gasteiger partial charge in [0.2, 0.25) is 0 Å². The Morgan fingerprint density at radius 3 is 2.83 bits per heavy atom. The van der Waals surface area contributed by atoms with Crippen LogP contribution in [0.2, 0.25) is 0 Å². The maximum absolute atomic E-state index is 12.0. The van der Waals surface area contributed by atoms with E-state index in [9.17, 15) is 4.79 Å². The molecule has 1 N–H and O–H groups in total. The van der Waals surface area contributed by atoms with Gasteiger partial charge in [-0.2, -0.15) is 10.3 Å². The van der Waals surface area contributed by atoms with E-state index in [4.69, 9.17) is 9.15 Å². The van der Waals surface area contributed by atoms with Crippen LogP contribution in [0, 0.1) is 0 Å². The third-order valence-corrected chi connectivity index (χ3v) is 3.68. The summed E-state index contributed by atoms with van der Waals surface area (Å²) >= 11 is 0. The molecule has 0 saturated carbocycles. The topological polar surface area (TPSA) is 81.0 Å². The fourth-order valence-corrected chi connectivity index (χ4v) is 2.69. The average molecular weight is 307 g/mol. The number of aromatic amines is 1. The summed E-state index contributed by atoms with van der Waals surface area (Å²) in [6.45, 7) is 2.03. The SMILES string of the molecule is CCOC(=O)c1n[nH]nc1-c1cccc2c1oc1ccccc12. The number of aromatic nitrogens is 3. The first-order chi connectivity index (χ1) is 11.3. The Morgan fingerprint density at radius 1 is 1.13 bits per heavy atom. The highest BCUT2D eigenvalue weighted by Gasteiger charge is 2.22. The summed E-state index contributed by atoms with van der Waals surface area (Å²) < 4.78 is 11.0. The molecule has 114 valence electrons. The third-order valence-electron chi connectivity index (χ3n) is 3.68. The van der Waals surface area contributed by atoms with Crippen molar-refractivity contribution >= 4 is 27.9 Å². The van der Waals surface area contributed by atoms with Crippen molar-refractivity contribution in [1.82, 2.24) is 15.4 Å². The van der Waals surface area contributed by atoms with Crippen LogP contribution in [0.3, 0.4) is 0 Å². The quantitative estimate of drug-likeness (QED) is 0.585. The lowest BCUT2D eigenvalue weighted by Gasteiger charge is -2.02. The smallest absolute Gasteiger partial charge is 0.361 e. The third kappa shape index (κ3) is 2.07. The van der Waals surface area contributed by atoms with Crippen LogP contribution < -0.4 is 0 Å². The van der Waals surface area contributed by atoms with Gasteiger partial charge in [-0.25, -0.2) is 4.79 Å². The van der Waals surface area contributed by atoms with Gasteiger partial charge in [0.15, 0.2) is 5.69 Å². The standard InChI is InChI=1S/C17H13N3O3/c1-2-22-17(21)15-14(18-20-19-15)12-8-5-7-11-10-6-3-4-9-13(10)23-16(11)12/h3-9H,2H2,1H3,(H,18,19,20). The molecule has 0 fully saturated rings. The van der Waals surface area contributed by atoms with E-state index in [1.54, 1.807) is 6.92 Å². The Morgan fingerprint density at radius 2 is 1.96 bits per heavy atom. The first-order valence-corrected chi connectivity index (χ1v) is 7.28. The number of benzene rings is 2. The van der Waals surface area contributed by atoms with Crippen LogP contribution >= 0.6 is 0 Å². The second-order valence-corrected chi connectivity index (χ2v) is 5.02. The summed E-state index contributed by atoms with van der Waals surface area (Å²) in [7, 11) is 0. The first kappa shape index (κ1) is 13.5. The Bertz CT molecular complexity index is 1020. The van der Waals surface area contributed by atoms with E-state index >= 15 is 0 Å². The minimum atomic E-state index is -0.510. The van der Waals surface area contributed by atoms with Crippen LogP contribution in [0.4, 0.5) is 0 Å². The number of nitrogens with one attached hydrogen (secondary N) is 1. The molecule has 2 aromatic heterocycles. The highest BCUT2D eigenvalue weighted by Crippen LogP contribution is 2.35. The summed E-state index contributed by atoms with van der Waals surface area (Å²) in [4.78, 5) is 12.0. The lowest BCUT2D eigenvalue weighted by molar-refractivity contribution is 0.0520. The number of fused-ring (bicyclic) bond motifs is 3. The summed E-state index contributed by atoms with van der Waals surface area (Å²) in [6.07, 6.45) is 0. The molecule has 6 heteroatoms. The molecular formula is C17H13N3O3. The zero-order chi connectivity index (χ0) is 15.8. The molecule has 0 saturated heterocycles. The molecule has 4 rings (SSSR count). The predicted molar refractivity (Wildman–Crippen MR) is 85.1 cm³/mol. The molecule has 4 aromatic rings. The molecule has 0 radical (unpaired) electrons. The van der Waals surface area contributed by atoms with Gasteiger partial charge in [-0.05, 0) is 19.1 Å². The van der Waals surface area contributed by atoms with Gasteiger partial charge in [-0.3, -0.25) is 0 Å². The molecule has 0 amide bonds. The number of ether oxygens (including phenoxy) is 1. The molecule has 0 atom stereocenters. The van der Waals surface area contributed by atoms with Crippen LogP contribution in [-0.4, -0.2) is 28.0 Å². The van der Waals surface area contributed by atoms with Crippen molar-refractivity contribution in [3.8, 4) is 11.3 Å². The minimum Gasteiger partial charge on any atom is -0.461 e. The van der Waals surface area contributed by atoms with Gasteiger partial charge in [-0.15, -0.1) is 5.10 Å². The van der Waals surface area contributed by atoms with Crippen molar-refractivity contribution in [2.45, 2.75) is 6.92 Å². The van der Waals surface area contributed by atoms with Gasteiger partial charge in [0.25, 0.3) is 0 Å². The van der Waals surface area contributed by atoms with E-state index in [0.717, 1.165) is 16.4 Å². The van der Waals surface area contributed by atoms with Crippen molar-refractivity contribution in [3.63, 3.8) is 0 Å². The Labute approximate surface area is 131 Å². The molecular weight excluding hydrogens is 294 g/mol. The molecule has 0 aliphatic carbocycles. The minimum absolute atomic E-state index is 0.153. The van der Waals surface area contributed by atoms with Crippen LogP contribution in [0.15, 0.2) is 46.9 Å². The molecule has 0 aliphatic heterocycles. The Balaban J connectivity index is 1.97. The van der Waals surface area contributed by atoms with Crippen molar-refractivity contribution in [1.29, 1.82) is 0 Å². The molecule has 0 aliphatic rings. The monoisotopic (exact) mass is 307 g/mol. The van der Waals surface area contributed by atoms with Crippen molar-refractivity contribution in [3.05, 3.63) is 48.2 Å². The summed E-state index contributed by atoms with van der Waals surface area (Å²) in [5, 5.41) is 12.5. The fraction of sp³-hybridized carbons (Fsp3) is 0.118. The molecule has 2 aromatic carbocycles. The molecule has 23 heavy (non-hydrogen) atoms. The lowest BCUT2D eigenvalue weighted by Crippen LogP contribution is -2.06. The van der Waals surface area contributed by atoms with Gasteiger partial charge in [-0.1, -0.05) is 30.3 Å². The van der Waals surface area contributed by atoms with Gasteiger partial charge < -0.3 is 9.15 Å². The maximum atomic E-state index is 12.0. The maximum Gasteiger partial charge on any atom is 0.361 e. The number of esters is 1. The number of rotatable bonds is 3. The molecule has 0 bridgehead atoms. The molecule has 6 nitrogen and oxygen atoms in total. The van der Waals surface area contributed by atoms with Crippen LogP contribution in [0.1, 0.15) is 17.4 Å². The van der Waals surface area contributed by atoms with E-state index < -0.39 is 5.97 Å². The zero-order valence-corrected chi connectivity index (χ0v) is 12.4. The van der Waals surface area contributed by atoms with Crippen LogP contribution in [0.25, 0.3) is 33.2 Å². The number of carbonyl (C=O) groups is 1. The molecule has 0 unspecified atom stereocenters. The van der Waals surface area contributed by atoms with Gasteiger partial charge in [0, 0.05) is 16.3 Å². The van der Waals surface area contributed by atoms with E-state index in [1.807, 2.05) is 42.5 Å². The van der Waals surface area contributed by atoms with E-state index in [0.29, 0.717) is 16.8 Å². The lowest BCUT2D eigenvalue weighted by atomic mass is 10.1. The number of H-pyrrole nitrogens is 1. The number of hydrogen-bond donors (Lipinski definition) is 1. The van der Waals surface area contributed by atoms with E-state index in [-0.39, 0.29) is 12.3 Å². The van der Waals surface area contributed by atoms with Gasteiger partial charge in [0.05, 0.1) is 6.61 Å². The first-order valence-electron chi connectivity index (χ1n) is 7.28. The number of furan rings is 1. The fourth-order valence-electron chi connectivity index (χ4n) is 2.69. The van der Waals surface area contributed by atoms with E-state index in [2.05, 4.69) is 15.4 Å². The number of carbonyl (C=O) groups excluding carboxylic acids is 1. The van der Waals surface area contributed by atoms with Gasteiger partial charge in [0.1, 0.15) is 16.9 Å². The molecule has 2 heterocycles. The normalized spacial score (nSPS) is 11.2. The Kier molecular flexibility index (Phi) is 3.08. The summed E-state index contributed by atoms with van der Waals surface area (Å²) in [5.74, 6) is -0.510. The number of hydrogen-bond acceptors (Lipinski definition) is 5. The number of para-hydroxylation sites is 2. The molecule has 0 spiro atoms. The zero-order valence-electron chi connectivity index (χ0n) is 12.4. The van der Waals surface area contributed by atoms with Crippen LogP contribution in [0.5, 0.6) is 0 Å². The highest BCUT2D eigenvalue weighted by atomic mass is 16.5.